The van der Waals surface area contributed by atoms with E-state index < -0.39 is 0 Å². The molecule has 0 aliphatic heterocycles. The molecule has 0 saturated carbocycles. The van der Waals surface area contributed by atoms with E-state index in [2.05, 4.69) is 20.2 Å². The summed E-state index contributed by atoms with van der Waals surface area (Å²) in [6.07, 6.45) is 0.720. The molecular weight excluding hydrogens is 268 g/mol. The van der Waals surface area contributed by atoms with Crippen molar-refractivity contribution in [3.05, 3.63) is 29.2 Å². The van der Waals surface area contributed by atoms with Crippen molar-refractivity contribution in [3.8, 4) is 11.5 Å². The minimum atomic E-state index is -0.249. The quantitative estimate of drug-likeness (QED) is 0.669. The van der Waals surface area contributed by atoms with Crippen molar-refractivity contribution in [1.29, 1.82) is 0 Å². The van der Waals surface area contributed by atoms with Crippen molar-refractivity contribution in [2.24, 2.45) is 0 Å². The van der Waals surface area contributed by atoms with E-state index >= 15 is 0 Å². The van der Waals surface area contributed by atoms with Gasteiger partial charge in [-0.15, -0.1) is 0 Å². The van der Waals surface area contributed by atoms with Gasteiger partial charge in [0, 0.05) is 6.42 Å². The van der Waals surface area contributed by atoms with Crippen molar-refractivity contribution in [1.82, 2.24) is 20.2 Å². The summed E-state index contributed by atoms with van der Waals surface area (Å²) in [6, 6.07) is 5.23. The monoisotopic (exact) mass is 280 g/mol. The van der Waals surface area contributed by atoms with Crippen molar-refractivity contribution in [2.45, 2.75) is 19.8 Å². The van der Waals surface area contributed by atoms with Crippen molar-refractivity contribution < 1.29 is 9.53 Å². The van der Waals surface area contributed by atoms with E-state index in [1.165, 1.54) is 0 Å². The molecule has 0 aliphatic carbocycles. The topological polar surface area (TPSA) is 80.8 Å². The van der Waals surface area contributed by atoms with Crippen LogP contribution in [0.1, 0.15) is 19.2 Å². The van der Waals surface area contributed by atoms with E-state index in [9.17, 15) is 4.79 Å². The van der Waals surface area contributed by atoms with Crippen LogP contribution in [0.3, 0.4) is 0 Å². The smallest absolute Gasteiger partial charge is 0.306 e. The first-order chi connectivity index (χ1) is 9.19. The fourth-order valence-corrected chi connectivity index (χ4v) is 1.67. The molecule has 0 fully saturated rings. The van der Waals surface area contributed by atoms with Crippen LogP contribution in [0.25, 0.3) is 11.5 Å². The molecule has 2 aromatic heterocycles. The highest BCUT2D eigenvalue weighted by Gasteiger charge is 2.09. The molecular formula is C12H13ClN4O2. The van der Waals surface area contributed by atoms with Gasteiger partial charge in [0.1, 0.15) is 16.7 Å². The Bertz CT molecular complexity index is 570. The number of nitrogens with one attached hydrogen (secondary N) is 1. The van der Waals surface area contributed by atoms with E-state index in [0.717, 1.165) is 0 Å². The fraction of sp³-hybridized carbons (Fsp3) is 0.333. The summed E-state index contributed by atoms with van der Waals surface area (Å²) in [5, 5.41) is 7.20. The van der Waals surface area contributed by atoms with Crippen LogP contribution >= 0.6 is 11.6 Å². The van der Waals surface area contributed by atoms with E-state index in [4.69, 9.17) is 16.3 Å². The molecule has 0 bridgehead atoms. The Morgan fingerprint density at radius 2 is 2.26 bits per heavy atom. The normalized spacial score (nSPS) is 10.4. The van der Waals surface area contributed by atoms with Crippen LogP contribution < -0.4 is 0 Å². The number of hydrogen-bond acceptors (Lipinski definition) is 5. The fourth-order valence-electron chi connectivity index (χ4n) is 1.51. The third-order valence-electron chi connectivity index (χ3n) is 2.35. The standard InChI is InChI=1S/C12H13ClN4O2/c1-2-19-11(18)7-6-10-15-12(17-16-10)8-4-3-5-9(13)14-8/h3-5H,2,6-7H2,1H3,(H,15,16,17). The zero-order valence-electron chi connectivity index (χ0n) is 10.4. The van der Waals surface area contributed by atoms with Crippen LogP contribution in [0.5, 0.6) is 0 Å². The van der Waals surface area contributed by atoms with Crippen molar-refractivity contribution in [3.63, 3.8) is 0 Å². The second kappa shape index (κ2) is 6.29. The Morgan fingerprint density at radius 3 is 3.00 bits per heavy atom. The molecule has 2 aromatic rings. The van der Waals surface area contributed by atoms with Gasteiger partial charge in [0.2, 0.25) is 0 Å². The zero-order valence-corrected chi connectivity index (χ0v) is 11.1. The highest BCUT2D eigenvalue weighted by molar-refractivity contribution is 6.29. The molecule has 2 heterocycles. The minimum Gasteiger partial charge on any atom is -0.466 e. The third-order valence-corrected chi connectivity index (χ3v) is 2.56. The molecule has 19 heavy (non-hydrogen) atoms. The summed E-state index contributed by atoms with van der Waals surface area (Å²) in [5.74, 6) is 0.826. The number of esters is 1. The highest BCUT2D eigenvalue weighted by Crippen LogP contribution is 2.14. The predicted molar refractivity (Wildman–Crippen MR) is 69.6 cm³/mol. The number of aromatic nitrogens is 4. The minimum absolute atomic E-state index is 0.249. The summed E-state index contributed by atoms with van der Waals surface area (Å²) in [7, 11) is 0. The van der Waals surface area contributed by atoms with Gasteiger partial charge in [-0.1, -0.05) is 17.7 Å². The Balaban J connectivity index is 2.01. The average Bonchev–Trinajstić information content (AvgIpc) is 2.85. The maximum atomic E-state index is 11.2. The lowest BCUT2D eigenvalue weighted by atomic mass is 10.3. The number of H-pyrrole nitrogens is 1. The molecule has 7 heteroatoms. The second-order valence-electron chi connectivity index (χ2n) is 3.76. The molecule has 0 aromatic carbocycles. The van der Waals surface area contributed by atoms with Crippen molar-refractivity contribution >= 4 is 17.6 Å². The number of aromatic amines is 1. The third kappa shape index (κ3) is 3.75. The van der Waals surface area contributed by atoms with Gasteiger partial charge < -0.3 is 4.74 Å². The molecule has 0 amide bonds. The van der Waals surface area contributed by atoms with Gasteiger partial charge in [-0.3, -0.25) is 9.89 Å². The molecule has 0 atom stereocenters. The zero-order chi connectivity index (χ0) is 13.7. The van der Waals surface area contributed by atoms with E-state index in [-0.39, 0.29) is 12.4 Å². The van der Waals surface area contributed by atoms with Gasteiger partial charge in [-0.05, 0) is 19.1 Å². The first-order valence-electron chi connectivity index (χ1n) is 5.89. The number of halogens is 1. The number of ether oxygens (including phenoxy) is 1. The van der Waals surface area contributed by atoms with Gasteiger partial charge in [-0.2, -0.15) is 5.10 Å². The maximum Gasteiger partial charge on any atom is 0.306 e. The molecule has 0 spiro atoms. The number of nitrogens with zero attached hydrogens (tertiary/aromatic N) is 3. The van der Waals surface area contributed by atoms with Gasteiger partial charge in [0.15, 0.2) is 5.82 Å². The van der Waals surface area contributed by atoms with Gasteiger partial charge in [-0.25, -0.2) is 9.97 Å². The van der Waals surface area contributed by atoms with Crippen LogP contribution in [-0.2, 0) is 16.0 Å². The lowest BCUT2D eigenvalue weighted by molar-refractivity contribution is -0.143. The van der Waals surface area contributed by atoms with Crippen LogP contribution in [0.4, 0.5) is 0 Å². The average molecular weight is 281 g/mol. The molecule has 0 saturated heterocycles. The lowest BCUT2D eigenvalue weighted by Gasteiger charge is -1.98. The summed E-state index contributed by atoms with van der Waals surface area (Å²) < 4.78 is 4.84. The van der Waals surface area contributed by atoms with E-state index in [1.807, 2.05) is 0 Å². The maximum absolute atomic E-state index is 11.2. The number of pyridine rings is 1. The summed E-state index contributed by atoms with van der Waals surface area (Å²) in [5.41, 5.74) is 0.589. The van der Waals surface area contributed by atoms with Gasteiger partial charge in [0.05, 0.1) is 13.0 Å². The van der Waals surface area contributed by atoms with Crippen LogP contribution in [-0.4, -0.2) is 32.7 Å². The number of aryl methyl sites for hydroxylation is 1. The Hall–Kier alpha value is -1.95. The molecule has 0 unspecified atom stereocenters. The summed E-state index contributed by atoms with van der Waals surface area (Å²) >= 11 is 5.80. The molecule has 0 radical (unpaired) electrons. The Morgan fingerprint density at radius 1 is 1.42 bits per heavy atom. The van der Waals surface area contributed by atoms with E-state index in [0.29, 0.717) is 35.5 Å². The predicted octanol–water partition coefficient (Wildman–Crippen LogP) is 2.02. The molecule has 0 aliphatic rings. The first-order valence-corrected chi connectivity index (χ1v) is 6.26. The van der Waals surface area contributed by atoms with Gasteiger partial charge in [0.25, 0.3) is 0 Å². The summed E-state index contributed by atoms with van der Waals surface area (Å²) in [4.78, 5) is 19.6. The number of carbonyl (C=O) groups excluding carboxylic acids is 1. The first kappa shape index (κ1) is 13.5. The number of rotatable bonds is 5. The van der Waals surface area contributed by atoms with Crippen molar-refractivity contribution in [2.75, 3.05) is 6.61 Å². The molecule has 100 valence electrons. The lowest BCUT2D eigenvalue weighted by Crippen LogP contribution is -2.05. The van der Waals surface area contributed by atoms with Gasteiger partial charge >= 0.3 is 5.97 Å². The number of hydrogen-bond donors (Lipinski definition) is 1. The SMILES string of the molecule is CCOC(=O)CCc1nc(-c2cccc(Cl)n2)n[nH]1. The Labute approximate surface area is 115 Å². The molecule has 2 rings (SSSR count). The Kier molecular flexibility index (Phi) is 4.46. The largest absolute Gasteiger partial charge is 0.466 e. The summed E-state index contributed by atoms with van der Waals surface area (Å²) in [6.45, 7) is 2.15. The van der Waals surface area contributed by atoms with Crippen LogP contribution in [0, 0.1) is 0 Å². The van der Waals surface area contributed by atoms with E-state index in [1.54, 1.807) is 25.1 Å². The highest BCUT2D eigenvalue weighted by atomic mass is 35.5. The molecule has 1 N–H and O–H groups in total. The molecule has 6 nitrogen and oxygen atoms in total. The number of carbonyl (C=O) groups is 1. The van der Waals surface area contributed by atoms with Crippen LogP contribution in [0.15, 0.2) is 18.2 Å². The second-order valence-corrected chi connectivity index (χ2v) is 4.14. The van der Waals surface area contributed by atoms with Crippen LogP contribution in [0.2, 0.25) is 5.15 Å².